The molecule has 27 heavy (non-hydrogen) atoms. The fourth-order valence-electron chi connectivity index (χ4n) is 3.76. The van der Waals surface area contributed by atoms with Crippen LogP contribution < -0.4 is 14.9 Å². The maximum Gasteiger partial charge on any atom is 0.241 e. The molecule has 0 radical (unpaired) electrons. The summed E-state index contributed by atoms with van der Waals surface area (Å²) in [5.41, 5.74) is 0.695. The Morgan fingerprint density at radius 3 is 2.48 bits per heavy atom. The molecule has 1 aromatic carbocycles. The Balaban J connectivity index is 1.56. The third-order valence-electron chi connectivity index (χ3n) is 5.41. The molecule has 1 aliphatic carbocycles. The second-order valence-corrected chi connectivity index (χ2v) is 9.17. The number of anilines is 1. The summed E-state index contributed by atoms with van der Waals surface area (Å²) in [5.74, 6) is 0.161. The van der Waals surface area contributed by atoms with Crippen LogP contribution in [0.2, 0.25) is 0 Å². The lowest BCUT2D eigenvalue weighted by Crippen LogP contribution is -2.45. The number of rotatable bonds is 6. The van der Waals surface area contributed by atoms with Gasteiger partial charge < -0.3 is 10.2 Å². The minimum absolute atomic E-state index is 0.0531. The molecule has 2 aliphatic rings. The van der Waals surface area contributed by atoms with Gasteiger partial charge in [0.2, 0.25) is 21.8 Å². The van der Waals surface area contributed by atoms with Gasteiger partial charge in [0.25, 0.3) is 0 Å². The Morgan fingerprint density at radius 1 is 1.15 bits per heavy atom. The highest BCUT2D eigenvalue weighted by Gasteiger charge is 2.24. The molecule has 1 saturated heterocycles. The van der Waals surface area contributed by atoms with Crippen molar-refractivity contribution >= 4 is 27.5 Å². The van der Waals surface area contributed by atoms with Crippen molar-refractivity contribution < 1.29 is 18.0 Å². The van der Waals surface area contributed by atoms with Crippen molar-refractivity contribution in [2.45, 2.75) is 56.4 Å². The smallest absolute Gasteiger partial charge is 0.241 e. The van der Waals surface area contributed by atoms with Gasteiger partial charge in [0, 0.05) is 24.7 Å². The predicted molar refractivity (Wildman–Crippen MR) is 103 cm³/mol. The highest BCUT2D eigenvalue weighted by Crippen LogP contribution is 2.24. The lowest BCUT2D eigenvalue weighted by molar-refractivity contribution is -0.121. The van der Waals surface area contributed by atoms with E-state index in [0.717, 1.165) is 25.7 Å². The van der Waals surface area contributed by atoms with Crippen LogP contribution in [0.25, 0.3) is 0 Å². The summed E-state index contributed by atoms with van der Waals surface area (Å²) in [6, 6.07) is 6.30. The van der Waals surface area contributed by atoms with E-state index in [2.05, 4.69) is 17.0 Å². The average Bonchev–Trinajstić information content (AvgIpc) is 3.08. The Hall–Kier alpha value is -1.93. The van der Waals surface area contributed by atoms with E-state index >= 15 is 0 Å². The van der Waals surface area contributed by atoms with E-state index in [0.29, 0.717) is 24.6 Å². The number of amides is 2. The summed E-state index contributed by atoms with van der Waals surface area (Å²) in [5, 5.41) is 2.93. The molecule has 0 bridgehead atoms. The van der Waals surface area contributed by atoms with Gasteiger partial charge in [-0.05, 0) is 49.4 Å². The summed E-state index contributed by atoms with van der Waals surface area (Å²) in [7, 11) is -3.78. The van der Waals surface area contributed by atoms with Crippen molar-refractivity contribution in [1.82, 2.24) is 10.0 Å². The van der Waals surface area contributed by atoms with E-state index < -0.39 is 10.0 Å². The molecule has 8 heteroatoms. The maximum atomic E-state index is 12.4. The molecule has 1 heterocycles. The highest BCUT2D eigenvalue weighted by atomic mass is 32.2. The zero-order valence-corrected chi connectivity index (χ0v) is 16.4. The van der Waals surface area contributed by atoms with Crippen molar-refractivity contribution in [2.75, 3.05) is 18.0 Å². The van der Waals surface area contributed by atoms with Crippen LogP contribution in [0.5, 0.6) is 0 Å². The first-order valence-corrected chi connectivity index (χ1v) is 11.0. The number of nitrogens with one attached hydrogen (secondary N) is 2. The van der Waals surface area contributed by atoms with Crippen molar-refractivity contribution in [1.29, 1.82) is 0 Å². The van der Waals surface area contributed by atoms with Gasteiger partial charge in [-0.25, -0.2) is 13.1 Å². The Bertz CT molecular complexity index is 792. The number of hydrogen-bond acceptors (Lipinski definition) is 4. The van der Waals surface area contributed by atoms with Crippen molar-refractivity contribution in [3.8, 4) is 0 Å². The van der Waals surface area contributed by atoms with Crippen LogP contribution in [0.15, 0.2) is 29.2 Å². The van der Waals surface area contributed by atoms with E-state index in [-0.39, 0.29) is 29.3 Å². The molecular weight excluding hydrogens is 366 g/mol. The van der Waals surface area contributed by atoms with Gasteiger partial charge in [-0.15, -0.1) is 0 Å². The summed E-state index contributed by atoms with van der Waals surface area (Å²) in [6.45, 7) is 2.49. The average molecular weight is 394 g/mol. The summed E-state index contributed by atoms with van der Waals surface area (Å²) in [4.78, 5) is 25.6. The third kappa shape index (κ3) is 4.87. The van der Waals surface area contributed by atoms with Gasteiger partial charge in [-0.1, -0.05) is 19.8 Å². The van der Waals surface area contributed by atoms with Gasteiger partial charge in [0.15, 0.2) is 0 Å². The first-order valence-electron chi connectivity index (χ1n) is 9.56. The van der Waals surface area contributed by atoms with Crippen LogP contribution in [-0.4, -0.2) is 39.4 Å². The van der Waals surface area contributed by atoms with Crippen LogP contribution in [0.4, 0.5) is 5.69 Å². The van der Waals surface area contributed by atoms with Gasteiger partial charge >= 0.3 is 0 Å². The molecule has 0 aromatic heterocycles. The van der Waals surface area contributed by atoms with Crippen LogP contribution in [0.3, 0.4) is 0 Å². The third-order valence-corrected chi connectivity index (χ3v) is 6.83. The number of nitrogens with zero attached hydrogens (tertiary/aromatic N) is 1. The second-order valence-electron chi connectivity index (χ2n) is 7.40. The molecule has 0 spiro atoms. The second kappa shape index (κ2) is 8.39. The highest BCUT2D eigenvalue weighted by molar-refractivity contribution is 7.89. The van der Waals surface area contributed by atoms with E-state index in [1.807, 2.05) is 0 Å². The molecule has 1 aliphatic heterocycles. The largest absolute Gasteiger partial charge is 0.352 e. The minimum Gasteiger partial charge on any atom is -0.352 e. The maximum absolute atomic E-state index is 12.4. The molecule has 148 valence electrons. The molecule has 1 aromatic rings. The Morgan fingerprint density at radius 2 is 1.85 bits per heavy atom. The monoisotopic (exact) mass is 393 g/mol. The molecule has 2 atom stereocenters. The molecule has 2 amide bonds. The molecule has 2 N–H and O–H groups in total. The van der Waals surface area contributed by atoms with E-state index in [4.69, 9.17) is 0 Å². The van der Waals surface area contributed by atoms with Crippen LogP contribution in [-0.2, 0) is 19.6 Å². The summed E-state index contributed by atoms with van der Waals surface area (Å²) in [6.07, 6.45) is 5.64. The molecule has 7 nitrogen and oxygen atoms in total. The van der Waals surface area contributed by atoms with Gasteiger partial charge in [0.05, 0.1) is 11.4 Å². The zero-order valence-electron chi connectivity index (χ0n) is 15.6. The van der Waals surface area contributed by atoms with Crippen molar-refractivity contribution in [3.05, 3.63) is 24.3 Å². The fourth-order valence-corrected chi connectivity index (χ4v) is 4.74. The normalized spacial score (nSPS) is 23.4. The topological polar surface area (TPSA) is 95.6 Å². The number of hydrogen-bond donors (Lipinski definition) is 2. The van der Waals surface area contributed by atoms with Crippen LogP contribution in [0.1, 0.15) is 45.4 Å². The van der Waals surface area contributed by atoms with E-state index in [9.17, 15) is 18.0 Å². The van der Waals surface area contributed by atoms with Gasteiger partial charge in [-0.3, -0.25) is 9.59 Å². The summed E-state index contributed by atoms with van der Waals surface area (Å²) >= 11 is 0. The minimum atomic E-state index is -3.78. The lowest BCUT2D eigenvalue weighted by atomic mass is 9.86. The van der Waals surface area contributed by atoms with Crippen LogP contribution >= 0.6 is 0 Å². The molecule has 1 saturated carbocycles. The van der Waals surface area contributed by atoms with E-state index in [1.165, 1.54) is 18.6 Å². The number of sulfonamides is 1. The molecule has 0 unspecified atom stereocenters. The molecular formula is C19H27N3O4S. The molecule has 3 rings (SSSR count). The predicted octanol–water partition coefficient (Wildman–Crippen LogP) is 1.79. The van der Waals surface area contributed by atoms with Crippen molar-refractivity contribution in [3.63, 3.8) is 0 Å². The number of carbonyl (C=O) groups is 2. The van der Waals surface area contributed by atoms with Gasteiger partial charge in [-0.2, -0.15) is 0 Å². The van der Waals surface area contributed by atoms with Crippen LogP contribution in [0, 0.1) is 5.92 Å². The van der Waals surface area contributed by atoms with E-state index in [1.54, 1.807) is 17.0 Å². The first kappa shape index (κ1) is 19.8. The Labute approximate surface area is 160 Å². The van der Waals surface area contributed by atoms with Crippen molar-refractivity contribution in [2.24, 2.45) is 5.92 Å². The quantitative estimate of drug-likeness (QED) is 0.770. The first-order chi connectivity index (χ1) is 12.9. The SMILES string of the molecule is C[C@H]1CCCC[C@H]1NC(=O)CNS(=O)(=O)c1ccc(N2CCCC2=O)cc1. The fraction of sp³-hybridized carbons (Fsp3) is 0.579. The Kier molecular flexibility index (Phi) is 6.16. The standard InChI is InChI=1S/C19H27N3O4S/c1-14-5-2-3-6-17(14)21-18(23)13-20-27(25,26)16-10-8-15(9-11-16)22-12-4-7-19(22)24/h8-11,14,17,20H,2-7,12-13H2,1H3,(H,21,23)/t14-,17+/m0/s1. The lowest BCUT2D eigenvalue weighted by Gasteiger charge is -2.29. The summed E-state index contributed by atoms with van der Waals surface area (Å²) < 4.78 is 27.2. The number of benzene rings is 1. The number of carbonyl (C=O) groups excluding carboxylic acids is 2. The zero-order chi connectivity index (χ0) is 19.4. The van der Waals surface area contributed by atoms with Gasteiger partial charge in [0.1, 0.15) is 0 Å². The molecule has 2 fully saturated rings.